The lowest BCUT2D eigenvalue weighted by Crippen LogP contribution is -2.02. The predicted octanol–water partition coefficient (Wildman–Crippen LogP) is 13.3. The largest absolute Gasteiger partial charge is 0.481 e. The van der Waals surface area contributed by atoms with Gasteiger partial charge in [-0.25, -0.2) is 16.8 Å². The Balaban J connectivity index is -0.000000473. The van der Waals surface area contributed by atoms with Gasteiger partial charge < -0.3 is 9.90 Å². The number of carboxylic acid groups (broad SMARTS) is 1. The lowest BCUT2D eigenvalue weighted by molar-refractivity contribution is -0.134. The van der Waals surface area contributed by atoms with Gasteiger partial charge in [-0.3, -0.25) is 13.9 Å². The summed E-state index contributed by atoms with van der Waals surface area (Å²) >= 11 is 17.2. The van der Waals surface area contributed by atoms with Gasteiger partial charge in [-0.1, -0.05) is 149 Å². The predicted molar refractivity (Wildman–Crippen MR) is 289 cm³/mol. The molecule has 1 aliphatic rings. The first-order valence-electron chi connectivity index (χ1n) is 18.8. The molecule has 0 aromatic heterocycles. The summed E-state index contributed by atoms with van der Waals surface area (Å²) in [5.74, 6) is -0.667. The second-order valence-corrected chi connectivity index (χ2v) is 19.5. The summed E-state index contributed by atoms with van der Waals surface area (Å²) in [7, 11) is -15.1. The van der Waals surface area contributed by atoms with Crippen LogP contribution in [-0.4, -0.2) is 63.8 Å². The van der Waals surface area contributed by atoms with Crippen molar-refractivity contribution in [2.45, 2.75) is 70.1 Å². The second-order valence-electron chi connectivity index (χ2n) is 13.0. The van der Waals surface area contributed by atoms with E-state index in [4.69, 9.17) is 74.9 Å². The molecule has 0 saturated heterocycles. The van der Waals surface area contributed by atoms with E-state index in [-0.39, 0.29) is 55.1 Å². The number of sulfone groups is 2. The van der Waals surface area contributed by atoms with Crippen LogP contribution in [0.5, 0.6) is 0 Å². The summed E-state index contributed by atoms with van der Waals surface area (Å²) in [6, 6.07) is 45.6. The lowest BCUT2D eigenvalue weighted by Gasteiger charge is -2.08. The lowest BCUT2D eigenvalue weighted by atomic mass is 10.1. The third-order valence-electron chi connectivity index (χ3n) is 7.47. The van der Waals surface area contributed by atoms with E-state index in [1.807, 2.05) is 12.1 Å². The Morgan fingerprint density at radius 2 is 0.694 bits per heavy atom. The van der Waals surface area contributed by atoms with E-state index in [0.717, 1.165) is 23.1 Å². The molecule has 1 aliphatic carbocycles. The zero-order chi connectivity index (χ0) is 51.5. The minimum atomic E-state index is -4.67. The van der Waals surface area contributed by atoms with E-state index in [0.29, 0.717) is 10.0 Å². The van der Waals surface area contributed by atoms with Gasteiger partial charge in [0.1, 0.15) is 17.9 Å². The molecule has 0 bridgehead atoms. The Labute approximate surface area is 441 Å². The maximum Gasteiger partial charge on any atom is 0.425 e. The minimum Gasteiger partial charge on any atom is -0.481 e. The van der Waals surface area contributed by atoms with E-state index in [2.05, 4.69) is 54.6 Å². The Hall–Kier alpha value is -6.15. The number of benzene rings is 6. The first-order valence-corrected chi connectivity index (χ1v) is 25.3. The fourth-order valence-electron chi connectivity index (χ4n) is 4.78. The van der Waals surface area contributed by atoms with Crippen molar-refractivity contribution in [3.63, 3.8) is 0 Å². The van der Waals surface area contributed by atoms with Crippen LogP contribution in [0.25, 0.3) is 22.3 Å². The van der Waals surface area contributed by atoms with E-state index >= 15 is 0 Å². The van der Waals surface area contributed by atoms with E-state index in [9.17, 15) is 21.6 Å². The van der Waals surface area contributed by atoms with Crippen molar-refractivity contribution in [1.29, 1.82) is 0 Å². The number of ketones is 1. The third-order valence-corrected chi connectivity index (χ3v) is 11.8. The molecule has 0 spiro atoms. The van der Waals surface area contributed by atoms with Gasteiger partial charge >= 0.3 is 21.0 Å². The number of carbonyl (C=O) groups is 2. The highest BCUT2D eigenvalue weighted by Gasteiger charge is 2.19. The second kappa shape index (κ2) is 36.7. The van der Waals surface area contributed by atoms with Gasteiger partial charge in [0, 0.05) is 23.0 Å². The third kappa shape index (κ3) is 31.2. The topological polar surface area (TPSA) is 248 Å². The highest BCUT2D eigenvalue weighted by molar-refractivity contribution is 7.91. The molecule has 21 heteroatoms. The Bertz CT molecular complexity index is 2890. The molecule has 0 saturated carbocycles. The van der Waals surface area contributed by atoms with Crippen molar-refractivity contribution in [2.24, 2.45) is 0 Å². The van der Waals surface area contributed by atoms with Gasteiger partial charge in [-0.05, 0) is 109 Å². The number of Topliss-reactive ketones (excluding diaryl/α,β-unsaturated/α-hetero) is 1. The van der Waals surface area contributed by atoms with Crippen molar-refractivity contribution in [2.75, 3.05) is 0 Å². The van der Waals surface area contributed by atoms with Crippen LogP contribution < -0.4 is 0 Å². The molecular weight excluding hydrogens is 1070 g/mol. The van der Waals surface area contributed by atoms with Crippen molar-refractivity contribution in [3.8, 4) is 22.3 Å². The van der Waals surface area contributed by atoms with E-state index < -0.39 is 46.7 Å². The summed E-state index contributed by atoms with van der Waals surface area (Å²) in [6.07, 6.45) is 10.00. The first-order chi connectivity index (χ1) is 31.7. The Kier molecular flexibility index (Phi) is 36.9. The molecule has 0 atom stereocenters. The molecule has 3 N–H and O–H groups in total. The van der Waals surface area contributed by atoms with Gasteiger partial charge in [0.25, 0.3) is 5.97 Å². The average molecular weight is 1130 g/mol. The molecule has 390 valence electrons. The zero-order valence-corrected chi connectivity index (χ0v) is 41.5. The monoisotopic (exact) mass is 1130 g/mol. The minimum absolute atomic E-state index is 0. The molecule has 0 unspecified atom stereocenters. The van der Waals surface area contributed by atoms with Crippen LogP contribution >= 0.6 is 34.8 Å². The molecule has 7 rings (SSSR count). The molecule has 0 heterocycles. The first kappa shape index (κ1) is 72.4. The number of hydrogen-bond acceptors (Lipinski definition) is 11. The molecule has 0 aliphatic heterocycles. The van der Waals surface area contributed by atoms with Crippen LogP contribution in [0.4, 0.5) is 0 Å². The highest BCUT2D eigenvalue weighted by atomic mass is 35.5. The molecule has 0 radical (unpaired) electrons. The van der Waals surface area contributed by atoms with Gasteiger partial charge in [0.15, 0.2) is 5.03 Å². The van der Waals surface area contributed by atoms with Crippen molar-refractivity contribution in [1.82, 2.24) is 0 Å². The normalized spacial score (nSPS) is 10.3. The zero-order valence-electron chi connectivity index (χ0n) is 35.9. The molecule has 6 aromatic rings. The van der Waals surface area contributed by atoms with Crippen LogP contribution in [0, 0.1) is 6.08 Å². The van der Waals surface area contributed by atoms with Crippen LogP contribution in [0.3, 0.4) is 0 Å². The molecule has 0 amide bonds. The molecular formula is C51H58Cl3O14S4+. The number of hydrogen-bond donors (Lipinski definition) is 3. The number of halogens is 3. The Morgan fingerprint density at radius 3 is 0.889 bits per heavy atom. The average Bonchev–Trinajstić information content (AvgIpc) is 3.27. The Morgan fingerprint density at radius 1 is 0.472 bits per heavy atom. The number of carboxylic acids is 1. The van der Waals surface area contributed by atoms with Gasteiger partial charge in [-0.15, -0.1) is 12.6 Å². The fraction of sp³-hybridized carbons (Fsp3) is 0.137. The SMILES string of the molecule is C.C.C.C.CC(=O)O.CC(C)=O.ClC1=CC=[C+]C=C1.O=S(=O)(O)O.O=S(=O)(c1ccc(Cl)cc1)c1ccc(-c2ccc(S(=O)(=O)c3ccc(Cl)cc3)cc2)cc1.O=S(=O)=O.c1ccc(-c2ccccc2)cc1. The summed E-state index contributed by atoms with van der Waals surface area (Å²) in [5.41, 5.74) is 4.07. The van der Waals surface area contributed by atoms with Crippen molar-refractivity contribution >= 4 is 87.2 Å². The van der Waals surface area contributed by atoms with Gasteiger partial charge in [-0.2, -0.15) is 8.42 Å². The summed E-state index contributed by atoms with van der Waals surface area (Å²) < 4.78 is 108. The van der Waals surface area contributed by atoms with Gasteiger partial charge in [0.05, 0.1) is 31.7 Å². The summed E-state index contributed by atoms with van der Waals surface area (Å²) in [6.45, 7) is 4.14. The van der Waals surface area contributed by atoms with Gasteiger partial charge in [0.2, 0.25) is 19.7 Å². The molecule has 14 nitrogen and oxygen atoms in total. The molecule has 6 aromatic carbocycles. The maximum atomic E-state index is 12.8. The summed E-state index contributed by atoms with van der Waals surface area (Å²) in [4.78, 5) is 19.1. The quantitative estimate of drug-likeness (QED) is 0.104. The summed E-state index contributed by atoms with van der Waals surface area (Å²) in [5, 5.41) is 9.10. The van der Waals surface area contributed by atoms with E-state index in [1.165, 1.54) is 97.8 Å². The van der Waals surface area contributed by atoms with Crippen LogP contribution in [0.2, 0.25) is 10.0 Å². The maximum absolute atomic E-state index is 12.8. The van der Waals surface area contributed by atoms with Crippen LogP contribution in [-0.2, 0) is 50.3 Å². The van der Waals surface area contributed by atoms with Crippen LogP contribution in [0.15, 0.2) is 207 Å². The van der Waals surface area contributed by atoms with E-state index in [1.54, 1.807) is 48.6 Å². The number of rotatable bonds is 6. The smallest absolute Gasteiger partial charge is 0.425 e. The van der Waals surface area contributed by atoms with Crippen LogP contribution in [0.1, 0.15) is 50.5 Å². The van der Waals surface area contributed by atoms with Crippen molar-refractivity contribution in [3.05, 3.63) is 203 Å². The van der Waals surface area contributed by atoms with Crippen molar-refractivity contribution < 1.29 is 61.7 Å². The molecule has 72 heavy (non-hydrogen) atoms. The fourth-order valence-corrected chi connectivity index (χ4v) is 7.68. The molecule has 0 fully saturated rings. The number of carbonyl (C=O) groups excluding carboxylic acids is 1. The standard InChI is InChI=1S/C24H16Cl2O4S2.C12H10.C6H4Cl.C3H6O.C2H4O2.4CH4.H2O4S.O3S/c25-19-5-13-23(14-6-19)31(27,28)21-9-1-17(2-10-21)18-3-11-22(12-4-18)32(29,30)24-15-7-20(26)8-16-24;1-3-7-11(8-4-1)12-9-5-2-6-10-12;7-6-4-2-1-3-5-6;1-3(2)4;1-2(3)4;;;;;1-5(2,3)4;1-4(2)3/h1-16H;1-10H;2-5H;1-2H3;1H3,(H,3,4);4*1H4;(H2,1,2,3,4);/q;;+1;;;;;;;;. The highest BCUT2D eigenvalue weighted by Crippen LogP contribution is 2.28. The number of aliphatic carboxylic acids is 1. The number of allylic oxidation sites excluding steroid dienone is 6.